The third kappa shape index (κ3) is 4.39. The molecule has 5 nitrogen and oxygen atoms in total. The van der Waals surface area contributed by atoms with E-state index >= 15 is 0 Å². The zero-order chi connectivity index (χ0) is 17.6. The number of nitrogens with zero attached hydrogens (tertiary/aromatic N) is 3. The zero-order valence-electron chi connectivity index (χ0n) is 14.4. The average Bonchev–Trinajstić information content (AvgIpc) is 2.66. The molecule has 0 bridgehead atoms. The van der Waals surface area contributed by atoms with E-state index in [2.05, 4.69) is 22.2 Å². The Hall–Kier alpha value is -2.34. The van der Waals surface area contributed by atoms with E-state index in [0.717, 1.165) is 24.8 Å². The van der Waals surface area contributed by atoms with Crippen LogP contribution in [0.4, 0.5) is 4.39 Å². The van der Waals surface area contributed by atoms with Crippen LogP contribution in [0.1, 0.15) is 48.3 Å². The van der Waals surface area contributed by atoms with E-state index in [4.69, 9.17) is 0 Å². The lowest BCUT2D eigenvalue weighted by Gasteiger charge is -2.34. The Morgan fingerprint density at radius 3 is 2.80 bits per heavy atom. The minimum absolute atomic E-state index is 0.0660. The van der Waals surface area contributed by atoms with E-state index in [-0.39, 0.29) is 17.8 Å². The van der Waals surface area contributed by atoms with Gasteiger partial charge in [-0.1, -0.05) is 19.1 Å². The lowest BCUT2D eigenvalue weighted by Crippen LogP contribution is -2.46. The fourth-order valence-corrected chi connectivity index (χ4v) is 3.28. The molecule has 1 aromatic heterocycles. The third-order valence-electron chi connectivity index (χ3n) is 4.66. The van der Waals surface area contributed by atoms with Gasteiger partial charge in [0.15, 0.2) is 0 Å². The molecule has 3 rings (SSSR count). The second kappa shape index (κ2) is 8.16. The van der Waals surface area contributed by atoms with E-state index < -0.39 is 0 Å². The van der Waals surface area contributed by atoms with Crippen LogP contribution in [0.2, 0.25) is 0 Å². The molecule has 1 amide bonds. The average molecular weight is 342 g/mol. The molecule has 1 N–H and O–H groups in total. The molecule has 2 aromatic rings. The molecule has 0 saturated carbocycles. The van der Waals surface area contributed by atoms with Crippen LogP contribution in [0.5, 0.6) is 0 Å². The summed E-state index contributed by atoms with van der Waals surface area (Å²) >= 11 is 0. The molecule has 2 heterocycles. The van der Waals surface area contributed by atoms with Gasteiger partial charge in [0.05, 0.1) is 6.20 Å². The number of rotatable bonds is 5. The van der Waals surface area contributed by atoms with E-state index in [1.807, 2.05) is 11.0 Å². The maximum Gasteiger partial charge on any atom is 0.274 e. The Labute approximate surface area is 147 Å². The summed E-state index contributed by atoms with van der Waals surface area (Å²) < 4.78 is 13.5. The predicted molar refractivity (Wildman–Crippen MR) is 93.5 cm³/mol. The second-order valence-corrected chi connectivity index (χ2v) is 6.34. The monoisotopic (exact) mass is 342 g/mol. The maximum absolute atomic E-state index is 13.5. The molecule has 1 aromatic carbocycles. The highest BCUT2D eigenvalue weighted by Crippen LogP contribution is 2.21. The van der Waals surface area contributed by atoms with Crippen molar-refractivity contribution < 1.29 is 9.18 Å². The molecule has 1 saturated heterocycles. The molecular formula is C19H23FN4O. The van der Waals surface area contributed by atoms with Crippen LogP contribution in [0.3, 0.4) is 0 Å². The van der Waals surface area contributed by atoms with Gasteiger partial charge in [-0.3, -0.25) is 9.78 Å². The van der Waals surface area contributed by atoms with Crippen molar-refractivity contribution >= 4 is 5.91 Å². The summed E-state index contributed by atoms with van der Waals surface area (Å²) in [7, 11) is 0. The number of nitrogens with one attached hydrogen (secondary N) is 1. The number of benzene rings is 1. The number of amides is 1. The van der Waals surface area contributed by atoms with Crippen LogP contribution < -0.4 is 5.32 Å². The van der Waals surface area contributed by atoms with Gasteiger partial charge in [-0.15, -0.1) is 0 Å². The Balaban J connectivity index is 1.56. The summed E-state index contributed by atoms with van der Waals surface area (Å²) in [6, 6.07) is 7.21. The number of hydrogen-bond donors (Lipinski definition) is 1. The van der Waals surface area contributed by atoms with Crippen LogP contribution in [0.25, 0.3) is 0 Å². The Morgan fingerprint density at radius 2 is 2.16 bits per heavy atom. The number of carbonyl (C=O) groups is 1. The van der Waals surface area contributed by atoms with Crippen molar-refractivity contribution in [2.24, 2.45) is 0 Å². The van der Waals surface area contributed by atoms with Crippen LogP contribution in [-0.4, -0.2) is 39.9 Å². The number of hydrogen-bond acceptors (Lipinski definition) is 4. The fraction of sp³-hybridized carbons (Fsp3) is 0.421. The van der Waals surface area contributed by atoms with Crippen molar-refractivity contribution in [1.82, 2.24) is 20.2 Å². The van der Waals surface area contributed by atoms with E-state index in [1.54, 1.807) is 18.3 Å². The summed E-state index contributed by atoms with van der Waals surface area (Å²) in [4.78, 5) is 22.3. The summed E-state index contributed by atoms with van der Waals surface area (Å²) in [6.45, 7) is 3.47. The van der Waals surface area contributed by atoms with Gasteiger partial charge >= 0.3 is 0 Å². The lowest BCUT2D eigenvalue weighted by atomic mass is 9.99. The van der Waals surface area contributed by atoms with Crippen molar-refractivity contribution in [3.63, 3.8) is 0 Å². The largest absolute Gasteiger partial charge is 0.337 e. The molecule has 0 radical (unpaired) electrons. The number of aromatic nitrogens is 2. The van der Waals surface area contributed by atoms with E-state index in [9.17, 15) is 9.18 Å². The first-order chi connectivity index (χ1) is 12.2. The molecule has 0 aliphatic carbocycles. The molecule has 1 atom stereocenters. The highest BCUT2D eigenvalue weighted by atomic mass is 19.1. The first-order valence-corrected chi connectivity index (χ1v) is 8.74. The van der Waals surface area contributed by atoms with Gasteiger partial charge in [-0.05, 0) is 37.0 Å². The molecule has 0 spiro atoms. The molecule has 1 aliphatic heterocycles. The summed E-state index contributed by atoms with van der Waals surface area (Å²) in [5.74, 6) is -0.272. The smallest absolute Gasteiger partial charge is 0.274 e. The summed E-state index contributed by atoms with van der Waals surface area (Å²) in [5, 5.41) is 3.62. The van der Waals surface area contributed by atoms with Crippen LogP contribution in [-0.2, 0) is 0 Å². The van der Waals surface area contributed by atoms with Crippen LogP contribution in [0.15, 0.2) is 42.9 Å². The van der Waals surface area contributed by atoms with Gasteiger partial charge in [0.2, 0.25) is 0 Å². The Bertz CT molecular complexity index is 702. The SMILES string of the molecule is CC[C@H](NC1CCN(C(=O)c2cnccn2)CC1)c1cccc(F)c1. The highest BCUT2D eigenvalue weighted by Gasteiger charge is 2.25. The molecule has 25 heavy (non-hydrogen) atoms. The van der Waals surface area contributed by atoms with Crippen molar-refractivity contribution in [2.45, 2.75) is 38.3 Å². The van der Waals surface area contributed by atoms with Crippen molar-refractivity contribution in [1.29, 1.82) is 0 Å². The van der Waals surface area contributed by atoms with Gasteiger partial charge in [-0.2, -0.15) is 0 Å². The molecule has 1 aliphatic rings. The number of carbonyl (C=O) groups excluding carboxylic acids is 1. The van der Waals surface area contributed by atoms with E-state index in [1.165, 1.54) is 18.5 Å². The van der Waals surface area contributed by atoms with Crippen molar-refractivity contribution in [3.05, 3.63) is 59.9 Å². The second-order valence-electron chi connectivity index (χ2n) is 6.34. The maximum atomic E-state index is 13.5. The topological polar surface area (TPSA) is 58.1 Å². The normalized spacial score (nSPS) is 16.6. The Morgan fingerprint density at radius 1 is 1.36 bits per heavy atom. The summed E-state index contributed by atoms with van der Waals surface area (Å²) in [5.41, 5.74) is 1.36. The molecule has 132 valence electrons. The first kappa shape index (κ1) is 17.5. The van der Waals surface area contributed by atoms with Crippen LogP contribution >= 0.6 is 0 Å². The van der Waals surface area contributed by atoms with Gasteiger partial charge < -0.3 is 10.2 Å². The third-order valence-corrected chi connectivity index (χ3v) is 4.66. The zero-order valence-corrected chi connectivity index (χ0v) is 14.4. The van der Waals surface area contributed by atoms with Gasteiger partial charge in [0.1, 0.15) is 11.5 Å². The van der Waals surface area contributed by atoms with Gasteiger partial charge in [0, 0.05) is 37.6 Å². The van der Waals surface area contributed by atoms with Gasteiger partial charge in [-0.25, -0.2) is 9.37 Å². The summed E-state index contributed by atoms with van der Waals surface area (Å²) in [6.07, 6.45) is 7.23. The number of halogens is 1. The van der Waals surface area contributed by atoms with Crippen molar-refractivity contribution in [2.75, 3.05) is 13.1 Å². The van der Waals surface area contributed by atoms with Gasteiger partial charge in [0.25, 0.3) is 5.91 Å². The molecular weight excluding hydrogens is 319 g/mol. The molecule has 0 unspecified atom stereocenters. The quantitative estimate of drug-likeness (QED) is 0.908. The minimum atomic E-state index is -0.206. The predicted octanol–water partition coefficient (Wildman–Crippen LogP) is 2.96. The number of piperidine rings is 1. The lowest BCUT2D eigenvalue weighted by molar-refractivity contribution is 0.0695. The van der Waals surface area contributed by atoms with E-state index in [0.29, 0.717) is 24.8 Å². The molecule has 6 heteroatoms. The van der Waals surface area contributed by atoms with Crippen LogP contribution in [0, 0.1) is 5.82 Å². The van der Waals surface area contributed by atoms with Crippen molar-refractivity contribution in [3.8, 4) is 0 Å². The number of likely N-dealkylation sites (tertiary alicyclic amines) is 1. The Kier molecular flexibility index (Phi) is 5.71. The minimum Gasteiger partial charge on any atom is -0.337 e. The highest BCUT2D eigenvalue weighted by molar-refractivity contribution is 5.92. The molecule has 1 fully saturated rings. The standard InChI is InChI=1S/C19H23FN4O/c1-2-17(14-4-3-5-15(20)12-14)23-16-6-10-24(11-7-16)19(25)18-13-21-8-9-22-18/h3-5,8-9,12-13,16-17,23H,2,6-7,10-11H2,1H3/t17-/m0/s1. The fourth-order valence-electron chi connectivity index (χ4n) is 3.28. The first-order valence-electron chi connectivity index (χ1n) is 8.74.